The lowest BCUT2D eigenvalue weighted by atomic mass is 9.84. The molecule has 2 N–H and O–H groups in total. The Morgan fingerprint density at radius 1 is 1.16 bits per heavy atom. The smallest absolute Gasteiger partial charge is 0.126 e. The van der Waals surface area contributed by atoms with Crippen LogP contribution < -0.4 is 10.6 Å². The molecule has 108 valence electrons. The van der Waals surface area contributed by atoms with Crippen LogP contribution in [-0.2, 0) is 5.41 Å². The summed E-state index contributed by atoms with van der Waals surface area (Å²) < 4.78 is 13.3. The average molecular weight is 266 g/mol. The molecule has 1 aromatic carbocycles. The molecule has 19 heavy (non-hydrogen) atoms. The molecule has 2 nitrogen and oxygen atoms in total. The standard InChI is InChI=1S/C16H27FN2/c1-13-11-14(7-8-15(13)17)16(2,3)12-19-10-6-5-9-18-4/h7-8,11,18-19H,5-6,9-10,12H2,1-4H3. The molecule has 0 fully saturated rings. The highest BCUT2D eigenvalue weighted by atomic mass is 19.1. The van der Waals surface area contributed by atoms with E-state index in [2.05, 4.69) is 24.5 Å². The zero-order valence-corrected chi connectivity index (χ0v) is 12.6. The molecule has 3 heteroatoms. The zero-order valence-electron chi connectivity index (χ0n) is 12.6. The fourth-order valence-electron chi connectivity index (χ4n) is 2.12. The number of nitrogens with one attached hydrogen (secondary N) is 2. The van der Waals surface area contributed by atoms with Crippen LogP contribution >= 0.6 is 0 Å². The highest BCUT2D eigenvalue weighted by Gasteiger charge is 2.20. The first-order chi connectivity index (χ1) is 8.97. The second-order valence-electron chi connectivity index (χ2n) is 5.84. The first-order valence-corrected chi connectivity index (χ1v) is 7.09. The summed E-state index contributed by atoms with van der Waals surface area (Å²) in [6.45, 7) is 9.23. The predicted molar refractivity (Wildman–Crippen MR) is 80.2 cm³/mol. The van der Waals surface area contributed by atoms with Gasteiger partial charge in [0, 0.05) is 12.0 Å². The van der Waals surface area contributed by atoms with Gasteiger partial charge in [-0.15, -0.1) is 0 Å². The van der Waals surface area contributed by atoms with E-state index in [1.807, 2.05) is 26.1 Å². The minimum Gasteiger partial charge on any atom is -0.320 e. The van der Waals surface area contributed by atoms with Crippen LogP contribution in [0.1, 0.15) is 37.8 Å². The molecular weight excluding hydrogens is 239 g/mol. The fourth-order valence-corrected chi connectivity index (χ4v) is 2.12. The summed E-state index contributed by atoms with van der Waals surface area (Å²) in [5.74, 6) is -0.125. The Balaban J connectivity index is 2.44. The lowest BCUT2D eigenvalue weighted by molar-refractivity contribution is 0.461. The topological polar surface area (TPSA) is 24.1 Å². The number of benzene rings is 1. The third-order valence-electron chi connectivity index (χ3n) is 3.54. The van der Waals surface area contributed by atoms with Crippen LogP contribution in [0.25, 0.3) is 0 Å². The molecular formula is C16H27FN2. The molecule has 0 atom stereocenters. The van der Waals surface area contributed by atoms with Gasteiger partial charge in [0.1, 0.15) is 5.82 Å². The van der Waals surface area contributed by atoms with Crippen molar-refractivity contribution in [1.29, 1.82) is 0 Å². The zero-order chi connectivity index (χ0) is 14.3. The molecule has 1 rings (SSSR count). The van der Waals surface area contributed by atoms with Gasteiger partial charge in [-0.1, -0.05) is 26.0 Å². The molecule has 0 radical (unpaired) electrons. The highest BCUT2D eigenvalue weighted by molar-refractivity contribution is 5.29. The van der Waals surface area contributed by atoms with E-state index < -0.39 is 0 Å². The van der Waals surface area contributed by atoms with Crippen molar-refractivity contribution in [3.05, 3.63) is 35.1 Å². The van der Waals surface area contributed by atoms with Crippen molar-refractivity contribution in [2.45, 2.75) is 39.0 Å². The van der Waals surface area contributed by atoms with Gasteiger partial charge in [-0.3, -0.25) is 0 Å². The fraction of sp³-hybridized carbons (Fsp3) is 0.625. The van der Waals surface area contributed by atoms with E-state index in [0.29, 0.717) is 0 Å². The lowest BCUT2D eigenvalue weighted by Gasteiger charge is -2.26. The largest absolute Gasteiger partial charge is 0.320 e. The van der Waals surface area contributed by atoms with E-state index in [9.17, 15) is 4.39 Å². The Hall–Kier alpha value is -0.930. The summed E-state index contributed by atoms with van der Waals surface area (Å²) in [5, 5.41) is 6.64. The van der Waals surface area contributed by atoms with E-state index in [0.717, 1.165) is 25.2 Å². The van der Waals surface area contributed by atoms with Gasteiger partial charge in [-0.05, 0) is 57.1 Å². The monoisotopic (exact) mass is 266 g/mol. The number of aryl methyl sites for hydroxylation is 1. The van der Waals surface area contributed by atoms with Gasteiger partial charge in [0.15, 0.2) is 0 Å². The first-order valence-electron chi connectivity index (χ1n) is 7.09. The molecule has 0 saturated heterocycles. The van der Waals surface area contributed by atoms with E-state index in [-0.39, 0.29) is 11.2 Å². The van der Waals surface area contributed by atoms with Gasteiger partial charge in [-0.2, -0.15) is 0 Å². The molecule has 0 unspecified atom stereocenters. The van der Waals surface area contributed by atoms with Gasteiger partial charge >= 0.3 is 0 Å². The third kappa shape index (κ3) is 5.29. The van der Waals surface area contributed by atoms with E-state index in [1.165, 1.54) is 18.4 Å². The summed E-state index contributed by atoms with van der Waals surface area (Å²) in [5.41, 5.74) is 1.94. The molecule has 0 aromatic heterocycles. The Bertz CT molecular complexity index is 388. The molecule has 0 aliphatic carbocycles. The molecule has 0 aliphatic heterocycles. The van der Waals surface area contributed by atoms with E-state index in [4.69, 9.17) is 0 Å². The number of unbranched alkanes of at least 4 members (excludes halogenated alkanes) is 1. The summed E-state index contributed by atoms with van der Waals surface area (Å²) >= 11 is 0. The van der Waals surface area contributed by atoms with Gasteiger partial charge < -0.3 is 10.6 Å². The van der Waals surface area contributed by atoms with Gasteiger partial charge in [-0.25, -0.2) is 4.39 Å². The highest BCUT2D eigenvalue weighted by Crippen LogP contribution is 2.24. The Kier molecular flexibility index (Phi) is 6.46. The van der Waals surface area contributed by atoms with Crippen molar-refractivity contribution in [2.24, 2.45) is 0 Å². The second kappa shape index (κ2) is 7.61. The number of rotatable bonds is 8. The van der Waals surface area contributed by atoms with Crippen LogP contribution in [0.4, 0.5) is 4.39 Å². The summed E-state index contributed by atoms with van der Waals surface area (Å²) in [6, 6.07) is 5.42. The van der Waals surface area contributed by atoms with Gasteiger partial charge in [0.2, 0.25) is 0 Å². The van der Waals surface area contributed by atoms with Crippen LogP contribution in [-0.4, -0.2) is 26.7 Å². The van der Waals surface area contributed by atoms with Crippen molar-refractivity contribution in [3.8, 4) is 0 Å². The second-order valence-corrected chi connectivity index (χ2v) is 5.84. The van der Waals surface area contributed by atoms with Gasteiger partial charge in [0.25, 0.3) is 0 Å². The number of hydrogen-bond acceptors (Lipinski definition) is 2. The van der Waals surface area contributed by atoms with E-state index in [1.54, 1.807) is 6.07 Å². The van der Waals surface area contributed by atoms with Crippen LogP contribution in [0.2, 0.25) is 0 Å². The van der Waals surface area contributed by atoms with Crippen molar-refractivity contribution < 1.29 is 4.39 Å². The Morgan fingerprint density at radius 2 is 1.84 bits per heavy atom. The molecule has 0 spiro atoms. The normalized spacial score (nSPS) is 11.8. The predicted octanol–water partition coefficient (Wildman–Crippen LogP) is 3.00. The molecule has 0 amide bonds. The SMILES string of the molecule is CNCCCCNCC(C)(C)c1ccc(F)c(C)c1. The maximum atomic E-state index is 13.3. The molecule has 0 heterocycles. The van der Waals surface area contributed by atoms with Crippen LogP contribution in [0.3, 0.4) is 0 Å². The summed E-state index contributed by atoms with van der Waals surface area (Å²) in [7, 11) is 1.98. The minimum absolute atomic E-state index is 0.0292. The summed E-state index contributed by atoms with van der Waals surface area (Å²) in [6.07, 6.45) is 2.37. The van der Waals surface area contributed by atoms with Crippen molar-refractivity contribution in [2.75, 3.05) is 26.7 Å². The lowest BCUT2D eigenvalue weighted by Crippen LogP contribution is -2.33. The molecule has 0 bridgehead atoms. The van der Waals surface area contributed by atoms with Crippen LogP contribution in [0, 0.1) is 12.7 Å². The Labute approximate surface area is 116 Å². The van der Waals surface area contributed by atoms with Crippen LogP contribution in [0.5, 0.6) is 0 Å². The average Bonchev–Trinajstić information content (AvgIpc) is 2.36. The first kappa shape index (κ1) is 16.1. The third-order valence-corrected chi connectivity index (χ3v) is 3.54. The maximum Gasteiger partial charge on any atom is 0.126 e. The molecule has 0 aliphatic rings. The Morgan fingerprint density at radius 3 is 2.47 bits per heavy atom. The van der Waals surface area contributed by atoms with Crippen molar-refractivity contribution >= 4 is 0 Å². The maximum absolute atomic E-state index is 13.3. The quantitative estimate of drug-likeness (QED) is 0.707. The van der Waals surface area contributed by atoms with Crippen LogP contribution in [0.15, 0.2) is 18.2 Å². The molecule has 1 aromatic rings. The van der Waals surface area contributed by atoms with Gasteiger partial charge in [0.05, 0.1) is 0 Å². The minimum atomic E-state index is -0.125. The van der Waals surface area contributed by atoms with Crippen molar-refractivity contribution in [3.63, 3.8) is 0 Å². The molecule has 0 saturated carbocycles. The number of hydrogen-bond donors (Lipinski definition) is 2. The van der Waals surface area contributed by atoms with Crippen molar-refractivity contribution in [1.82, 2.24) is 10.6 Å². The van der Waals surface area contributed by atoms with E-state index >= 15 is 0 Å². The summed E-state index contributed by atoms with van der Waals surface area (Å²) in [4.78, 5) is 0. The number of halogens is 1.